The summed E-state index contributed by atoms with van der Waals surface area (Å²) in [6.07, 6.45) is 4.60. The highest BCUT2D eigenvalue weighted by atomic mass is 35.5. The van der Waals surface area contributed by atoms with Crippen LogP contribution >= 0.6 is 23.2 Å². The Balaban J connectivity index is 1.72. The summed E-state index contributed by atoms with van der Waals surface area (Å²) in [5.74, 6) is 0.272. The molecule has 1 saturated heterocycles. The summed E-state index contributed by atoms with van der Waals surface area (Å²) in [7, 11) is 0. The monoisotopic (exact) mass is 331 g/mol. The Hall–Kier alpha value is -0.350. The molecule has 1 aromatic rings. The molecule has 116 valence electrons. The van der Waals surface area contributed by atoms with Crippen LogP contribution in [0, 0.1) is 11.7 Å². The number of morpholine rings is 1. The van der Waals surface area contributed by atoms with E-state index in [1.54, 1.807) is 0 Å². The van der Waals surface area contributed by atoms with Crippen LogP contribution in [0.2, 0.25) is 10.0 Å². The van der Waals surface area contributed by atoms with Gasteiger partial charge in [-0.3, -0.25) is 0 Å². The lowest BCUT2D eigenvalue weighted by Crippen LogP contribution is -2.57. The average Bonchev–Trinajstić information content (AvgIpc) is 2.44. The van der Waals surface area contributed by atoms with E-state index in [9.17, 15) is 4.39 Å². The lowest BCUT2D eigenvalue weighted by molar-refractivity contribution is -0.0527. The predicted molar refractivity (Wildman–Crippen MR) is 83.5 cm³/mol. The highest BCUT2D eigenvalue weighted by molar-refractivity contribution is 6.35. The van der Waals surface area contributed by atoms with Crippen molar-refractivity contribution in [2.45, 2.75) is 44.2 Å². The van der Waals surface area contributed by atoms with Crippen LogP contribution in [-0.2, 0) is 4.74 Å². The molecule has 1 spiro atoms. The molecular formula is C16H20Cl2FNO. The van der Waals surface area contributed by atoms with Crippen molar-refractivity contribution in [2.24, 2.45) is 5.92 Å². The van der Waals surface area contributed by atoms with Gasteiger partial charge in [0.2, 0.25) is 0 Å². The lowest BCUT2D eigenvalue weighted by atomic mass is 9.76. The van der Waals surface area contributed by atoms with Crippen molar-refractivity contribution in [1.82, 2.24) is 5.32 Å². The van der Waals surface area contributed by atoms with E-state index in [0.29, 0.717) is 23.7 Å². The largest absolute Gasteiger partial charge is 0.370 e. The average molecular weight is 332 g/mol. The number of nitrogens with one attached hydrogen (secondary N) is 1. The smallest absolute Gasteiger partial charge is 0.142 e. The van der Waals surface area contributed by atoms with Crippen molar-refractivity contribution in [3.63, 3.8) is 0 Å². The second kappa shape index (κ2) is 6.04. The molecule has 0 amide bonds. The zero-order chi connectivity index (χ0) is 15.0. The van der Waals surface area contributed by atoms with Gasteiger partial charge in [-0.2, -0.15) is 0 Å². The maximum absolute atomic E-state index is 13.6. The zero-order valence-corrected chi connectivity index (χ0v) is 13.6. The summed E-state index contributed by atoms with van der Waals surface area (Å²) in [6.45, 7) is 3.61. The second-order valence-corrected chi connectivity index (χ2v) is 7.26. The third kappa shape index (κ3) is 3.21. The van der Waals surface area contributed by atoms with Gasteiger partial charge in [0.15, 0.2) is 0 Å². The molecule has 3 unspecified atom stereocenters. The van der Waals surface area contributed by atoms with E-state index in [1.807, 2.05) is 0 Å². The quantitative estimate of drug-likeness (QED) is 0.750. The molecule has 2 fully saturated rings. The van der Waals surface area contributed by atoms with E-state index in [0.717, 1.165) is 18.8 Å². The molecule has 0 radical (unpaired) electrons. The zero-order valence-electron chi connectivity index (χ0n) is 12.1. The van der Waals surface area contributed by atoms with Crippen LogP contribution in [-0.4, -0.2) is 18.7 Å². The highest BCUT2D eigenvalue weighted by Crippen LogP contribution is 2.38. The molecule has 1 aliphatic carbocycles. The van der Waals surface area contributed by atoms with Crippen LogP contribution < -0.4 is 5.32 Å². The minimum Gasteiger partial charge on any atom is -0.370 e. The van der Waals surface area contributed by atoms with E-state index in [-0.39, 0.29) is 16.7 Å². The van der Waals surface area contributed by atoms with Crippen molar-refractivity contribution >= 4 is 23.2 Å². The molecule has 2 aliphatic rings. The van der Waals surface area contributed by atoms with Crippen LogP contribution in [0.25, 0.3) is 0 Å². The van der Waals surface area contributed by atoms with Gasteiger partial charge in [-0.25, -0.2) is 4.39 Å². The summed E-state index contributed by atoms with van der Waals surface area (Å²) in [5.41, 5.74) is 0.760. The summed E-state index contributed by atoms with van der Waals surface area (Å²) in [6, 6.07) is 2.84. The summed E-state index contributed by atoms with van der Waals surface area (Å²) >= 11 is 11.9. The van der Waals surface area contributed by atoms with Crippen LogP contribution in [0.4, 0.5) is 4.39 Å². The molecule has 1 aliphatic heterocycles. The van der Waals surface area contributed by atoms with Gasteiger partial charge < -0.3 is 10.1 Å². The maximum Gasteiger partial charge on any atom is 0.142 e. The fourth-order valence-electron chi connectivity index (χ4n) is 3.62. The summed E-state index contributed by atoms with van der Waals surface area (Å²) in [4.78, 5) is 0. The van der Waals surface area contributed by atoms with Gasteiger partial charge >= 0.3 is 0 Å². The van der Waals surface area contributed by atoms with Crippen molar-refractivity contribution in [1.29, 1.82) is 0 Å². The van der Waals surface area contributed by atoms with E-state index in [2.05, 4.69) is 12.2 Å². The van der Waals surface area contributed by atoms with Crippen molar-refractivity contribution in [3.05, 3.63) is 33.6 Å². The highest BCUT2D eigenvalue weighted by Gasteiger charge is 2.39. The van der Waals surface area contributed by atoms with Gasteiger partial charge in [0.25, 0.3) is 0 Å². The molecule has 3 atom stereocenters. The molecule has 1 N–H and O–H groups in total. The fraction of sp³-hybridized carbons (Fsp3) is 0.625. The Morgan fingerprint density at radius 3 is 2.81 bits per heavy atom. The number of benzene rings is 1. The molecule has 5 heteroatoms. The third-order valence-corrected chi connectivity index (χ3v) is 5.32. The van der Waals surface area contributed by atoms with E-state index in [1.165, 1.54) is 25.0 Å². The van der Waals surface area contributed by atoms with E-state index < -0.39 is 5.82 Å². The SMILES string of the molecule is CC1CCCC2(COC(c3cc(F)c(Cl)cc3Cl)CN2)C1. The first-order valence-corrected chi connectivity index (χ1v) is 8.26. The molecular weight excluding hydrogens is 312 g/mol. The Kier molecular flexibility index (Phi) is 4.47. The molecule has 3 rings (SSSR count). The van der Waals surface area contributed by atoms with E-state index >= 15 is 0 Å². The fourth-order valence-corrected chi connectivity index (χ4v) is 4.12. The predicted octanol–water partition coefficient (Wildman–Crippen LogP) is 4.74. The first-order chi connectivity index (χ1) is 9.99. The first kappa shape index (κ1) is 15.5. The molecule has 0 bridgehead atoms. The first-order valence-electron chi connectivity index (χ1n) is 7.50. The van der Waals surface area contributed by atoms with E-state index in [4.69, 9.17) is 27.9 Å². The second-order valence-electron chi connectivity index (χ2n) is 6.45. The minimum atomic E-state index is -0.453. The number of ether oxygens (including phenoxy) is 1. The van der Waals surface area contributed by atoms with Crippen molar-refractivity contribution < 1.29 is 9.13 Å². The van der Waals surface area contributed by atoms with Gasteiger partial charge in [-0.1, -0.05) is 43.0 Å². The van der Waals surface area contributed by atoms with Gasteiger partial charge in [0.05, 0.1) is 17.7 Å². The summed E-state index contributed by atoms with van der Waals surface area (Å²) < 4.78 is 19.7. The number of hydrogen-bond acceptors (Lipinski definition) is 2. The Bertz CT molecular complexity index is 529. The molecule has 2 nitrogen and oxygen atoms in total. The van der Waals surface area contributed by atoms with Crippen molar-refractivity contribution in [3.8, 4) is 0 Å². The standard InChI is InChI=1S/C16H20Cl2FNO/c1-10-3-2-4-16(7-10)9-21-15(8-20-16)11-5-14(19)13(18)6-12(11)17/h5-6,10,15,20H,2-4,7-9H2,1H3. The molecule has 0 aromatic heterocycles. The van der Waals surface area contributed by atoms with Gasteiger partial charge in [0, 0.05) is 22.7 Å². The summed E-state index contributed by atoms with van der Waals surface area (Å²) in [5, 5.41) is 4.14. The molecule has 1 heterocycles. The number of hydrogen-bond donors (Lipinski definition) is 1. The number of halogens is 3. The van der Waals surface area contributed by atoms with Crippen LogP contribution in [0.5, 0.6) is 0 Å². The Morgan fingerprint density at radius 2 is 2.14 bits per heavy atom. The maximum atomic E-state index is 13.6. The lowest BCUT2D eigenvalue weighted by Gasteiger charge is -2.45. The molecule has 1 saturated carbocycles. The Labute approximate surface area is 135 Å². The van der Waals surface area contributed by atoms with Crippen LogP contribution in [0.1, 0.15) is 44.3 Å². The van der Waals surface area contributed by atoms with Gasteiger partial charge in [-0.05, 0) is 30.9 Å². The molecule has 21 heavy (non-hydrogen) atoms. The minimum absolute atomic E-state index is 0.0464. The molecule has 1 aromatic carbocycles. The van der Waals surface area contributed by atoms with Gasteiger partial charge in [-0.15, -0.1) is 0 Å². The van der Waals surface area contributed by atoms with Crippen LogP contribution in [0.3, 0.4) is 0 Å². The van der Waals surface area contributed by atoms with Crippen LogP contribution in [0.15, 0.2) is 12.1 Å². The normalized spacial score (nSPS) is 33.3. The topological polar surface area (TPSA) is 21.3 Å². The number of rotatable bonds is 1. The van der Waals surface area contributed by atoms with Gasteiger partial charge in [0.1, 0.15) is 5.82 Å². The third-order valence-electron chi connectivity index (χ3n) is 4.70. The Morgan fingerprint density at radius 1 is 1.33 bits per heavy atom. The van der Waals surface area contributed by atoms with Crippen molar-refractivity contribution in [2.75, 3.05) is 13.2 Å².